The largest absolute Gasteiger partial charge is 0.493 e. The van der Waals surface area contributed by atoms with Gasteiger partial charge in [0.2, 0.25) is 11.6 Å². The highest BCUT2D eigenvalue weighted by molar-refractivity contribution is 7.92. The number of aliphatic hydroxyl groups excluding tert-OH is 1. The second kappa shape index (κ2) is 11.9. The Morgan fingerprint density at radius 3 is 2.63 bits per heavy atom. The summed E-state index contributed by atoms with van der Waals surface area (Å²) in [4.78, 5) is 16.9. The highest BCUT2D eigenvalue weighted by Gasteiger charge is 2.26. The molecule has 5 aromatic rings. The van der Waals surface area contributed by atoms with Crippen LogP contribution in [0.15, 0.2) is 65.9 Å². The number of aromatic amines is 1. The second-order valence-electron chi connectivity index (χ2n) is 8.01. The smallest absolute Gasteiger partial charge is 0.280 e. The molecule has 15 nitrogen and oxygen atoms in total. The van der Waals surface area contributed by atoms with Gasteiger partial charge in [0.25, 0.3) is 15.9 Å². The molecule has 0 bridgehead atoms. The Kier molecular flexibility index (Phi) is 6.55. The van der Waals surface area contributed by atoms with Crippen LogP contribution in [-0.4, -0.2) is 74.4 Å². The summed E-state index contributed by atoms with van der Waals surface area (Å²) in [7, 11) is -3.27. The monoisotopic (exact) mass is 581 g/mol. The van der Waals surface area contributed by atoms with E-state index in [2.05, 4.69) is 45.3 Å². The van der Waals surface area contributed by atoms with Crippen LogP contribution < -0.4 is 18.9 Å². The van der Waals surface area contributed by atoms with Gasteiger partial charge in [0.15, 0.2) is 28.2 Å². The molecular formula is C25H23N9O6S. The molecular weight excluding hydrogens is 554 g/mol. The van der Waals surface area contributed by atoms with Gasteiger partial charge in [-0.15, -0.1) is 10.2 Å². The molecule has 5 rings (SSSR count). The van der Waals surface area contributed by atoms with E-state index in [4.69, 9.17) is 19.7 Å². The fourth-order valence-corrected chi connectivity index (χ4v) is 4.26. The molecule has 1 aromatic carbocycles. The predicted octanol–water partition coefficient (Wildman–Crippen LogP) is 2.39. The first-order valence-corrected chi connectivity index (χ1v) is 13.2. The van der Waals surface area contributed by atoms with Gasteiger partial charge in [-0.05, 0) is 48.0 Å². The van der Waals surface area contributed by atoms with Crippen molar-refractivity contribution in [3.63, 3.8) is 0 Å². The number of para-hydroxylation sites is 2. The van der Waals surface area contributed by atoms with Gasteiger partial charge < -0.3 is 19.3 Å². The molecule has 0 saturated carbocycles. The summed E-state index contributed by atoms with van der Waals surface area (Å²) >= 11 is 0. The van der Waals surface area contributed by atoms with Gasteiger partial charge in [0, 0.05) is 18.0 Å². The number of sulfonamides is 1. The number of H-pyrrole nitrogens is 1. The quantitative estimate of drug-likeness (QED) is 0.205. The SMILES string of the molecule is [2H]c1c([2H])c([2H])c(Oc2c(NS(=O)(=O)c3ccc(C)cn3)nc(-c3ccnc(-c4nn[nH]n4)c3)nc2OCCO)c(OC)c1[2H]. The van der Waals surface area contributed by atoms with Gasteiger partial charge >= 0.3 is 0 Å². The van der Waals surface area contributed by atoms with Crippen LogP contribution in [0.3, 0.4) is 0 Å². The number of ether oxygens (including phenoxy) is 3. The summed E-state index contributed by atoms with van der Waals surface area (Å²) in [5.74, 6) is -2.22. The van der Waals surface area contributed by atoms with Crippen molar-refractivity contribution in [3.05, 3.63) is 66.4 Å². The average Bonchev–Trinajstić information content (AvgIpc) is 3.58. The normalized spacial score (nSPS) is 12.6. The molecule has 0 spiro atoms. The lowest BCUT2D eigenvalue weighted by molar-refractivity contribution is 0.192. The number of tetrazole rings is 1. The van der Waals surface area contributed by atoms with Crippen LogP contribution in [0.5, 0.6) is 23.1 Å². The summed E-state index contributed by atoms with van der Waals surface area (Å²) in [6, 6.07) is 3.41. The highest BCUT2D eigenvalue weighted by Crippen LogP contribution is 2.41. The second-order valence-corrected chi connectivity index (χ2v) is 9.64. The van der Waals surface area contributed by atoms with Crippen molar-refractivity contribution >= 4 is 15.8 Å². The molecule has 16 heteroatoms. The van der Waals surface area contributed by atoms with E-state index in [1.54, 1.807) is 13.0 Å². The Balaban J connectivity index is 1.73. The molecule has 210 valence electrons. The lowest BCUT2D eigenvalue weighted by Crippen LogP contribution is -2.17. The zero-order chi connectivity index (χ0) is 32.3. The summed E-state index contributed by atoms with van der Waals surface area (Å²) in [5, 5.41) is 22.8. The standard InChI is InChI=1S/C25H23N9O6S/c1-15-7-8-20(27-14-15)41(36,37)32-24-21(40-19-6-4-3-5-18(19)38-2)25(39-12-11-35)29-22(28-24)16-9-10-26-17(13-16)23-30-33-34-31-23/h3-10,13-14,35H,11-12H2,1-2H3,(H,28,29,32)(H,30,31,33,34)/i3D,4D,5D,6D. The number of aromatic nitrogens is 8. The van der Waals surface area contributed by atoms with Crippen LogP contribution in [0.1, 0.15) is 11.0 Å². The lowest BCUT2D eigenvalue weighted by Gasteiger charge is -2.18. The van der Waals surface area contributed by atoms with Crippen LogP contribution in [-0.2, 0) is 10.0 Å². The van der Waals surface area contributed by atoms with Crippen molar-refractivity contribution in [2.24, 2.45) is 0 Å². The van der Waals surface area contributed by atoms with Gasteiger partial charge in [-0.25, -0.2) is 9.97 Å². The molecule has 4 aromatic heterocycles. The first-order valence-electron chi connectivity index (χ1n) is 13.7. The number of hydrogen-bond acceptors (Lipinski definition) is 13. The highest BCUT2D eigenvalue weighted by atomic mass is 32.2. The van der Waals surface area contributed by atoms with Crippen LogP contribution in [0.4, 0.5) is 5.82 Å². The van der Waals surface area contributed by atoms with Crippen molar-refractivity contribution in [2.75, 3.05) is 25.0 Å². The summed E-state index contributed by atoms with van der Waals surface area (Å²) in [6.07, 6.45) is 2.77. The maximum absolute atomic E-state index is 13.5. The molecule has 0 aliphatic heterocycles. The van der Waals surface area contributed by atoms with Crippen LogP contribution in [0.2, 0.25) is 0 Å². The number of nitrogens with one attached hydrogen (secondary N) is 2. The topological polar surface area (TPSA) is 200 Å². The number of aliphatic hydroxyl groups is 1. The fourth-order valence-electron chi connectivity index (χ4n) is 3.32. The maximum atomic E-state index is 13.5. The minimum Gasteiger partial charge on any atom is -0.493 e. The molecule has 41 heavy (non-hydrogen) atoms. The van der Waals surface area contributed by atoms with E-state index in [9.17, 15) is 13.5 Å². The van der Waals surface area contributed by atoms with Crippen LogP contribution >= 0.6 is 0 Å². The van der Waals surface area contributed by atoms with E-state index in [-0.39, 0.29) is 34.7 Å². The Labute approximate surface area is 239 Å². The zero-order valence-corrected chi connectivity index (χ0v) is 22.2. The van der Waals surface area contributed by atoms with E-state index < -0.39 is 64.0 Å². The van der Waals surface area contributed by atoms with Crippen molar-refractivity contribution < 1.29 is 33.2 Å². The number of hydrogen-bond donors (Lipinski definition) is 3. The number of aryl methyl sites for hydroxylation is 1. The number of nitrogens with zero attached hydrogens (tertiary/aromatic N) is 7. The van der Waals surface area contributed by atoms with E-state index in [0.29, 0.717) is 11.1 Å². The zero-order valence-electron chi connectivity index (χ0n) is 25.4. The van der Waals surface area contributed by atoms with Crippen molar-refractivity contribution in [1.29, 1.82) is 0 Å². The molecule has 0 aliphatic carbocycles. The molecule has 0 fully saturated rings. The van der Waals surface area contributed by atoms with Crippen LogP contribution in [0.25, 0.3) is 22.9 Å². The van der Waals surface area contributed by atoms with E-state index in [0.717, 1.165) is 0 Å². The first kappa shape index (κ1) is 22.6. The van der Waals surface area contributed by atoms with Gasteiger partial charge in [0.1, 0.15) is 12.3 Å². The molecule has 3 N–H and O–H groups in total. The molecule has 4 heterocycles. The van der Waals surface area contributed by atoms with E-state index in [1.165, 1.54) is 37.7 Å². The first-order chi connectivity index (χ1) is 21.5. The average molecular weight is 582 g/mol. The summed E-state index contributed by atoms with van der Waals surface area (Å²) in [6.45, 7) is 0.933. The van der Waals surface area contributed by atoms with Gasteiger partial charge in [-0.2, -0.15) is 18.6 Å². The molecule has 0 saturated heterocycles. The van der Waals surface area contributed by atoms with Crippen molar-refractivity contribution in [1.82, 2.24) is 40.6 Å². The minimum absolute atomic E-state index is 0.0982. The Bertz CT molecular complexity index is 1970. The number of rotatable bonds is 11. The lowest BCUT2D eigenvalue weighted by atomic mass is 10.2. The number of benzene rings is 1. The third-order valence-electron chi connectivity index (χ3n) is 5.18. The Hall–Kier alpha value is -5.22. The molecule has 0 unspecified atom stereocenters. The molecule has 0 atom stereocenters. The Morgan fingerprint density at radius 1 is 1.10 bits per heavy atom. The summed E-state index contributed by atoms with van der Waals surface area (Å²) in [5.41, 5.74) is 1.29. The van der Waals surface area contributed by atoms with Gasteiger partial charge in [-0.3, -0.25) is 9.71 Å². The maximum Gasteiger partial charge on any atom is 0.280 e. The minimum atomic E-state index is -4.44. The molecule has 0 amide bonds. The van der Waals surface area contributed by atoms with Gasteiger partial charge in [-0.1, -0.05) is 18.2 Å². The van der Waals surface area contributed by atoms with E-state index in [1.807, 2.05) is 0 Å². The van der Waals surface area contributed by atoms with Crippen molar-refractivity contribution in [2.45, 2.75) is 11.9 Å². The van der Waals surface area contributed by atoms with E-state index >= 15 is 0 Å². The number of methoxy groups -OCH3 is 1. The number of pyridine rings is 2. The van der Waals surface area contributed by atoms with Crippen molar-refractivity contribution in [3.8, 4) is 46.0 Å². The molecule has 0 aliphatic rings. The van der Waals surface area contributed by atoms with Gasteiger partial charge in [0.05, 0.1) is 19.2 Å². The summed E-state index contributed by atoms with van der Waals surface area (Å²) < 4.78 is 78.8. The predicted molar refractivity (Wildman–Crippen MR) is 144 cm³/mol. The Morgan fingerprint density at radius 2 is 1.93 bits per heavy atom. The fraction of sp³-hybridized carbons (Fsp3) is 0.160. The van der Waals surface area contributed by atoms with Crippen LogP contribution in [0, 0.1) is 6.92 Å². The number of anilines is 1. The molecule has 0 radical (unpaired) electrons. The third-order valence-corrected chi connectivity index (χ3v) is 6.43. The third kappa shape index (κ3) is 6.18.